The van der Waals surface area contributed by atoms with E-state index in [1.54, 1.807) is 0 Å². The molecule has 0 bridgehead atoms. The highest BCUT2D eigenvalue weighted by Gasteiger charge is 2.42. The minimum absolute atomic E-state index is 0.0898. The van der Waals surface area contributed by atoms with Crippen molar-refractivity contribution in [2.45, 2.75) is 32.2 Å². The molecule has 4 nitrogen and oxygen atoms in total. The third-order valence-electron chi connectivity index (χ3n) is 3.00. The summed E-state index contributed by atoms with van der Waals surface area (Å²) in [5, 5.41) is 21.5. The molecule has 2 N–H and O–H groups in total. The highest BCUT2D eigenvalue weighted by atomic mass is 16.3. The Morgan fingerprint density at radius 3 is 2.75 bits per heavy atom. The van der Waals surface area contributed by atoms with Gasteiger partial charge in [0.2, 0.25) is 0 Å². The van der Waals surface area contributed by atoms with Crippen molar-refractivity contribution in [1.82, 2.24) is 4.98 Å². The summed E-state index contributed by atoms with van der Waals surface area (Å²) < 4.78 is 0. The molecule has 1 aromatic heterocycles. The summed E-state index contributed by atoms with van der Waals surface area (Å²) >= 11 is 0. The summed E-state index contributed by atoms with van der Waals surface area (Å²) in [6, 6.07) is 4.05. The minimum atomic E-state index is -0.237. The van der Waals surface area contributed by atoms with Gasteiger partial charge in [-0.05, 0) is 38.3 Å². The predicted octanol–water partition coefficient (Wildman–Crippen LogP) is 1.51. The molecule has 2 rings (SSSR count). The van der Waals surface area contributed by atoms with Crippen LogP contribution in [0.2, 0.25) is 0 Å². The van der Waals surface area contributed by atoms with Gasteiger partial charge in [-0.25, -0.2) is 4.98 Å². The molecule has 0 radical (unpaired) electrons. The number of aliphatic hydroxyl groups is 1. The fourth-order valence-corrected chi connectivity index (χ4v) is 1.79. The van der Waals surface area contributed by atoms with Gasteiger partial charge in [0.1, 0.15) is 11.9 Å². The SMILES string of the molecule is Cc1cc(C)c(C#N)c(NC2(CO)CC2)n1. The lowest BCUT2D eigenvalue weighted by atomic mass is 10.1. The number of hydrogen-bond acceptors (Lipinski definition) is 4. The second-order valence-electron chi connectivity index (χ2n) is 4.48. The summed E-state index contributed by atoms with van der Waals surface area (Å²) in [5.74, 6) is 0.603. The lowest BCUT2D eigenvalue weighted by molar-refractivity contribution is 0.266. The Bertz CT molecular complexity index is 458. The van der Waals surface area contributed by atoms with E-state index in [0.29, 0.717) is 11.4 Å². The smallest absolute Gasteiger partial charge is 0.144 e. The number of pyridine rings is 1. The average Bonchev–Trinajstić information content (AvgIpc) is 2.98. The average molecular weight is 217 g/mol. The van der Waals surface area contributed by atoms with Crippen molar-refractivity contribution < 1.29 is 5.11 Å². The first-order valence-electron chi connectivity index (χ1n) is 5.38. The molecule has 84 valence electrons. The van der Waals surface area contributed by atoms with Crippen LogP contribution in [0.15, 0.2) is 6.07 Å². The standard InChI is InChI=1S/C12H15N3O/c1-8-5-9(2)14-11(10(8)6-13)15-12(7-16)3-4-12/h5,16H,3-4,7H2,1-2H3,(H,14,15). The van der Waals surface area contributed by atoms with Gasteiger partial charge >= 0.3 is 0 Å². The van der Waals surface area contributed by atoms with Gasteiger partial charge in [0, 0.05) is 5.69 Å². The van der Waals surface area contributed by atoms with Gasteiger partial charge in [-0.2, -0.15) is 5.26 Å². The molecule has 0 aliphatic heterocycles. The number of nitrogens with zero attached hydrogens (tertiary/aromatic N) is 2. The molecular weight excluding hydrogens is 202 g/mol. The lowest BCUT2D eigenvalue weighted by Gasteiger charge is -2.17. The van der Waals surface area contributed by atoms with E-state index in [4.69, 9.17) is 5.26 Å². The number of aryl methyl sites for hydroxylation is 2. The first-order valence-corrected chi connectivity index (χ1v) is 5.38. The van der Waals surface area contributed by atoms with Crippen LogP contribution in [-0.4, -0.2) is 22.2 Å². The molecule has 4 heteroatoms. The molecule has 1 heterocycles. The summed E-state index contributed by atoms with van der Waals surface area (Å²) in [4.78, 5) is 4.33. The Labute approximate surface area is 94.9 Å². The Kier molecular flexibility index (Phi) is 2.56. The van der Waals surface area contributed by atoms with Crippen LogP contribution in [0.25, 0.3) is 0 Å². The normalized spacial score (nSPS) is 16.6. The molecule has 1 fully saturated rings. The van der Waals surface area contributed by atoms with Gasteiger partial charge in [0.05, 0.1) is 17.7 Å². The van der Waals surface area contributed by atoms with Gasteiger partial charge in [-0.15, -0.1) is 0 Å². The monoisotopic (exact) mass is 217 g/mol. The topological polar surface area (TPSA) is 68.9 Å². The maximum absolute atomic E-state index is 9.25. The van der Waals surface area contributed by atoms with E-state index in [1.807, 2.05) is 19.9 Å². The van der Waals surface area contributed by atoms with E-state index in [-0.39, 0.29) is 12.1 Å². The summed E-state index contributed by atoms with van der Waals surface area (Å²) in [7, 11) is 0. The first-order chi connectivity index (χ1) is 7.60. The van der Waals surface area contributed by atoms with E-state index >= 15 is 0 Å². The zero-order valence-electron chi connectivity index (χ0n) is 9.54. The largest absolute Gasteiger partial charge is 0.394 e. The Balaban J connectivity index is 2.36. The van der Waals surface area contributed by atoms with Gasteiger partial charge in [0.25, 0.3) is 0 Å². The van der Waals surface area contributed by atoms with Crippen molar-refractivity contribution in [1.29, 1.82) is 5.26 Å². The van der Waals surface area contributed by atoms with Crippen LogP contribution >= 0.6 is 0 Å². The fraction of sp³-hybridized carbons (Fsp3) is 0.500. The summed E-state index contributed by atoms with van der Waals surface area (Å²) in [6.45, 7) is 3.89. The third kappa shape index (κ3) is 1.86. The maximum Gasteiger partial charge on any atom is 0.144 e. The van der Waals surface area contributed by atoms with Crippen LogP contribution in [0, 0.1) is 25.2 Å². The zero-order valence-corrected chi connectivity index (χ0v) is 9.54. The number of aromatic nitrogens is 1. The molecule has 16 heavy (non-hydrogen) atoms. The van der Waals surface area contributed by atoms with E-state index in [1.165, 1.54) is 0 Å². The van der Waals surface area contributed by atoms with E-state index in [2.05, 4.69) is 16.4 Å². The Morgan fingerprint density at radius 1 is 1.56 bits per heavy atom. The Hall–Kier alpha value is -1.60. The van der Waals surface area contributed by atoms with E-state index in [0.717, 1.165) is 24.1 Å². The number of anilines is 1. The van der Waals surface area contributed by atoms with Gasteiger partial charge in [-0.3, -0.25) is 0 Å². The van der Waals surface area contributed by atoms with Crippen LogP contribution < -0.4 is 5.32 Å². The van der Waals surface area contributed by atoms with Crippen molar-refractivity contribution in [3.05, 3.63) is 22.9 Å². The van der Waals surface area contributed by atoms with Crippen LogP contribution in [0.5, 0.6) is 0 Å². The highest BCUT2D eigenvalue weighted by Crippen LogP contribution is 2.38. The highest BCUT2D eigenvalue weighted by molar-refractivity contribution is 5.58. The molecular formula is C12H15N3O. The van der Waals surface area contributed by atoms with Crippen LogP contribution in [-0.2, 0) is 0 Å². The van der Waals surface area contributed by atoms with Crippen LogP contribution in [0.4, 0.5) is 5.82 Å². The number of nitrogens with one attached hydrogen (secondary N) is 1. The minimum Gasteiger partial charge on any atom is -0.394 e. The number of hydrogen-bond donors (Lipinski definition) is 2. The molecule has 0 amide bonds. The lowest BCUT2D eigenvalue weighted by Crippen LogP contribution is -2.27. The summed E-state index contributed by atoms with van der Waals surface area (Å²) in [6.07, 6.45) is 1.87. The Morgan fingerprint density at radius 2 is 2.25 bits per heavy atom. The molecule has 1 saturated carbocycles. The van der Waals surface area contributed by atoms with Crippen molar-refractivity contribution in [3.63, 3.8) is 0 Å². The number of rotatable bonds is 3. The molecule has 0 unspecified atom stereocenters. The molecule has 0 spiro atoms. The second-order valence-corrected chi connectivity index (χ2v) is 4.48. The number of nitriles is 1. The van der Waals surface area contributed by atoms with E-state index in [9.17, 15) is 5.11 Å². The van der Waals surface area contributed by atoms with Crippen molar-refractivity contribution in [3.8, 4) is 6.07 Å². The molecule has 1 aliphatic rings. The quantitative estimate of drug-likeness (QED) is 0.805. The van der Waals surface area contributed by atoms with Gasteiger partial charge < -0.3 is 10.4 Å². The number of aliphatic hydroxyl groups excluding tert-OH is 1. The molecule has 0 atom stereocenters. The van der Waals surface area contributed by atoms with Gasteiger partial charge in [-0.1, -0.05) is 0 Å². The van der Waals surface area contributed by atoms with Crippen molar-refractivity contribution in [2.24, 2.45) is 0 Å². The van der Waals surface area contributed by atoms with E-state index < -0.39 is 0 Å². The van der Waals surface area contributed by atoms with Gasteiger partial charge in [0.15, 0.2) is 0 Å². The van der Waals surface area contributed by atoms with Crippen molar-refractivity contribution in [2.75, 3.05) is 11.9 Å². The molecule has 0 aromatic carbocycles. The zero-order chi connectivity index (χ0) is 11.8. The van der Waals surface area contributed by atoms with Crippen LogP contribution in [0.1, 0.15) is 29.7 Å². The van der Waals surface area contributed by atoms with Crippen LogP contribution in [0.3, 0.4) is 0 Å². The maximum atomic E-state index is 9.25. The molecule has 1 aromatic rings. The first kappa shape index (κ1) is 10.9. The van der Waals surface area contributed by atoms with Crippen molar-refractivity contribution >= 4 is 5.82 Å². The predicted molar refractivity (Wildman–Crippen MR) is 61.1 cm³/mol. The molecule has 1 aliphatic carbocycles. The molecule has 0 saturated heterocycles. The fourth-order valence-electron chi connectivity index (χ4n) is 1.79. The third-order valence-corrected chi connectivity index (χ3v) is 3.00. The second kappa shape index (κ2) is 3.76. The summed E-state index contributed by atoms with van der Waals surface area (Å²) in [5.41, 5.74) is 2.14.